The summed E-state index contributed by atoms with van der Waals surface area (Å²) in [6, 6.07) is 7.33. The molecule has 0 unspecified atom stereocenters. The van der Waals surface area contributed by atoms with Gasteiger partial charge in [0.2, 0.25) is 0 Å². The van der Waals surface area contributed by atoms with E-state index in [9.17, 15) is 0 Å². The van der Waals surface area contributed by atoms with Crippen molar-refractivity contribution in [2.75, 3.05) is 13.7 Å². The van der Waals surface area contributed by atoms with Crippen LogP contribution in [0.4, 0.5) is 0 Å². The molecule has 0 amide bonds. The van der Waals surface area contributed by atoms with Crippen LogP contribution in [0.2, 0.25) is 5.02 Å². The second-order valence-corrected chi connectivity index (χ2v) is 4.43. The summed E-state index contributed by atoms with van der Waals surface area (Å²) in [5.41, 5.74) is 1.79. The van der Waals surface area contributed by atoms with Crippen molar-refractivity contribution < 1.29 is 4.74 Å². The second-order valence-electron chi connectivity index (χ2n) is 4.00. The highest BCUT2D eigenvalue weighted by molar-refractivity contribution is 6.30. The zero-order valence-electron chi connectivity index (χ0n) is 11.0. The number of ether oxygens (including phenoxy) is 1. The lowest BCUT2D eigenvalue weighted by atomic mass is 10.2. The second kappa shape index (κ2) is 6.50. The number of nitrogens with one attached hydrogen (secondary N) is 1. The topological polar surface area (TPSA) is 47.0 Å². The van der Waals surface area contributed by atoms with Gasteiger partial charge in [0, 0.05) is 17.8 Å². The van der Waals surface area contributed by atoms with Gasteiger partial charge in [-0.15, -0.1) is 0 Å². The van der Waals surface area contributed by atoms with Gasteiger partial charge in [0.1, 0.15) is 5.75 Å². The van der Waals surface area contributed by atoms with Crippen molar-refractivity contribution in [3.63, 3.8) is 0 Å². The Bertz CT molecular complexity index is 560. The molecule has 0 saturated carbocycles. The molecule has 2 aromatic rings. The van der Waals surface area contributed by atoms with E-state index in [2.05, 4.69) is 22.2 Å². The fourth-order valence-corrected chi connectivity index (χ4v) is 1.89. The molecule has 0 aliphatic heterocycles. The molecule has 1 N–H and O–H groups in total. The highest BCUT2D eigenvalue weighted by Crippen LogP contribution is 2.30. The van der Waals surface area contributed by atoms with Crippen LogP contribution in [-0.4, -0.2) is 23.6 Å². The number of halogens is 1. The summed E-state index contributed by atoms with van der Waals surface area (Å²) in [5, 5.41) is 3.87. The van der Waals surface area contributed by atoms with Gasteiger partial charge in [-0.3, -0.25) is 0 Å². The molecule has 0 saturated heterocycles. The summed E-state index contributed by atoms with van der Waals surface area (Å²) in [4.78, 5) is 8.82. The molecule has 4 nitrogen and oxygen atoms in total. The van der Waals surface area contributed by atoms with Crippen molar-refractivity contribution in [2.24, 2.45) is 0 Å². The van der Waals surface area contributed by atoms with Crippen molar-refractivity contribution in [3.8, 4) is 17.1 Å². The van der Waals surface area contributed by atoms with E-state index in [-0.39, 0.29) is 0 Å². The van der Waals surface area contributed by atoms with Crippen molar-refractivity contribution >= 4 is 11.6 Å². The molecule has 2 rings (SSSR count). The van der Waals surface area contributed by atoms with Crippen molar-refractivity contribution in [3.05, 3.63) is 41.2 Å². The zero-order chi connectivity index (χ0) is 13.7. The number of hydrogen-bond donors (Lipinski definition) is 1. The quantitative estimate of drug-likeness (QED) is 0.913. The number of hydrogen-bond acceptors (Lipinski definition) is 4. The van der Waals surface area contributed by atoms with E-state index in [1.807, 2.05) is 12.1 Å². The molecule has 1 aromatic heterocycles. The van der Waals surface area contributed by atoms with E-state index in [1.165, 1.54) is 0 Å². The van der Waals surface area contributed by atoms with E-state index in [1.54, 1.807) is 25.4 Å². The van der Waals surface area contributed by atoms with Crippen LogP contribution in [0.15, 0.2) is 30.5 Å². The summed E-state index contributed by atoms with van der Waals surface area (Å²) < 4.78 is 5.32. The van der Waals surface area contributed by atoms with Gasteiger partial charge in [0.15, 0.2) is 5.82 Å². The Morgan fingerprint density at radius 2 is 2.16 bits per heavy atom. The highest BCUT2D eigenvalue weighted by Gasteiger charge is 2.09. The summed E-state index contributed by atoms with van der Waals surface area (Å²) >= 11 is 5.95. The highest BCUT2D eigenvalue weighted by atomic mass is 35.5. The van der Waals surface area contributed by atoms with Gasteiger partial charge in [0.25, 0.3) is 0 Å². The van der Waals surface area contributed by atoms with Crippen molar-refractivity contribution in [2.45, 2.75) is 13.5 Å². The maximum Gasteiger partial charge on any atom is 0.163 e. The molecule has 0 atom stereocenters. The maximum atomic E-state index is 5.95. The molecular weight excluding hydrogens is 262 g/mol. The minimum Gasteiger partial charge on any atom is -0.496 e. The van der Waals surface area contributed by atoms with Gasteiger partial charge < -0.3 is 10.1 Å². The molecule has 1 heterocycles. The molecule has 1 aromatic carbocycles. The van der Waals surface area contributed by atoms with Crippen LogP contribution in [-0.2, 0) is 6.54 Å². The first-order valence-corrected chi connectivity index (χ1v) is 6.49. The normalized spacial score (nSPS) is 10.5. The van der Waals surface area contributed by atoms with E-state index in [4.69, 9.17) is 16.3 Å². The average Bonchev–Trinajstić information content (AvgIpc) is 2.45. The van der Waals surface area contributed by atoms with Crippen LogP contribution in [0.5, 0.6) is 5.75 Å². The predicted octanol–water partition coefficient (Wildman–Crippen LogP) is 2.92. The van der Waals surface area contributed by atoms with Crippen LogP contribution >= 0.6 is 11.6 Å². The van der Waals surface area contributed by atoms with Crippen molar-refractivity contribution in [1.29, 1.82) is 0 Å². The third-order valence-electron chi connectivity index (χ3n) is 2.67. The molecule has 100 valence electrons. The number of aromatic nitrogens is 2. The van der Waals surface area contributed by atoms with Gasteiger partial charge in [-0.05, 0) is 30.8 Å². The average molecular weight is 278 g/mol. The molecule has 0 aliphatic carbocycles. The van der Waals surface area contributed by atoms with Gasteiger partial charge >= 0.3 is 0 Å². The lowest BCUT2D eigenvalue weighted by Crippen LogP contribution is -2.13. The number of nitrogens with zero attached hydrogens (tertiary/aromatic N) is 2. The van der Waals surface area contributed by atoms with Gasteiger partial charge in [0.05, 0.1) is 18.4 Å². The van der Waals surface area contributed by atoms with Crippen LogP contribution in [0.3, 0.4) is 0 Å². The first-order valence-electron chi connectivity index (χ1n) is 6.11. The summed E-state index contributed by atoms with van der Waals surface area (Å²) in [7, 11) is 1.61. The van der Waals surface area contributed by atoms with Gasteiger partial charge in [-0.25, -0.2) is 9.97 Å². The maximum absolute atomic E-state index is 5.95. The Morgan fingerprint density at radius 1 is 1.32 bits per heavy atom. The Hall–Kier alpha value is -1.65. The molecule has 0 bridgehead atoms. The SMILES string of the molecule is CCNCc1ccnc(-c2ccc(Cl)cc2OC)n1. The third kappa shape index (κ3) is 3.43. The molecule has 0 fully saturated rings. The zero-order valence-corrected chi connectivity index (χ0v) is 11.7. The fourth-order valence-electron chi connectivity index (χ4n) is 1.73. The lowest BCUT2D eigenvalue weighted by molar-refractivity contribution is 0.416. The molecular formula is C14H16ClN3O. The lowest BCUT2D eigenvalue weighted by Gasteiger charge is -2.09. The molecule has 19 heavy (non-hydrogen) atoms. The first-order chi connectivity index (χ1) is 9.24. The first kappa shape index (κ1) is 13.8. The number of benzene rings is 1. The molecule has 5 heteroatoms. The third-order valence-corrected chi connectivity index (χ3v) is 2.91. The van der Waals surface area contributed by atoms with Crippen LogP contribution < -0.4 is 10.1 Å². The van der Waals surface area contributed by atoms with E-state index < -0.39 is 0 Å². The minimum absolute atomic E-state index is 0.629. The fraction of sp³-hybridized carbons (Fsp3) is 0.286. The monoisotopic (exact) mass is 277 g/mol. The predicted molar refractivity (Wildman–Crippen MR) is 76.4 cm³/mol. The minimum atomic E-state index is 0.629. The Morgan fingerprint density at radius 3 is 2.89 bits per heavy atom. The van der Waals surface area contributed by atoms with Gasteiger partial charge in [-0.2, -0.15) is 0 Å². The molecule has 0 radical (unpaired) electrons. The van der Waals surface area contributed by atoms with Crippen LogP contribution in [0.1, 0.15) is 12.6 Å². The van der Waals surface area contributed by atoms with Crippen LogP contribution in [0, 0.1) is 0 Å². The number of methoxy groups -OCH3 is 1. The Kier molecular flexibility index (Phi) is 4.71. The van der Waals surface area contributed by atoms with Crippen LogP contribution in [0.25, 0.3) is 11.4 Å². The van der Waals surface area contributed by atoms with E-state index in [0.29, 0.717) is 16.6 Å². The van der Waals surface area contributed by atoms with Crippen molar-refractivity contribution in [1.82, 2.24) is 15.3 Å². The largest absolute Gasteiger partial charge is 0.496 e. The standard InChI is InChI=1S/C14H16ClN3O/c1-3-16-9-11-6-7-17-14(18-11)12-5-4-10(15)8-13(12)19-2/h4-8,16H,3,9H2,1-2H3. The smallest absolute Gasteiger partial charge is 0.163 e. The van der Waals surface area contributed by atoms with E-state index in [0.717, 1.165) is 24.3 Å². The van der Waals surface area contributed by atoms with Gasteiger partial charge in [-0.1, -0.05) is 18.5 Å². The Labute approximate surface area is 117 Å². The summed E-state index contributed by atoms with van der Waals surface area (Å²) in [6.07, 6.45) is 1.75. The molecule has 0 aliphatic rings. The van der Waals surface area contributed by atoms with E-state index >= 15 is 0 Å². The molecule has 0 spiro atoms. The summed E-state index contributed by atoms with van der Waals surface area (Å²) in [6.45, 7) is 3.69. The summed E-state index contributed by atoms with van der Waals surface area (Å²) in [5.74, 6) is 1.32. The number of rotatable bonds is 5. The Balaban J connectivity index is 2.35.